The second-order valence-electron chi connectivity index (χ2n) is 5.60. The molecule has 0 saturated heterocycles. The Balaban J connectivity index is 2.76. The van der Waals surface area contributed by atoms with Crippen LogP contribution in [0.4, 0.5) is 0 Å². The summed E-state index contributed by atoms with van der Waals surface area (Å²) in [7, 11) is -3.44. The molecule has 0 radical (unpaired) electrons. The number of hydrogen-bond acceptors (Lipinski definition) is 4. The smallest absolute Gasteiger partial charge is 0.243 e. The van der Waals surface area contributed by atoms with Crippen LogP contribution in [0.1, 0.15) is 33.3 Å². The second kappa shape index (κ2) is 8.42. The third-order valence-corrected chi connectivity index (χ3v) is 6.00. The van der Waals surface area contributed by atoms with Gasteiger partial charge in [0.1, 0.15) is 0 Å². The van der Waals surface area contributed by atoms with Gasteiger partial charge in [-0.25, -0.2) is 8.42 Å². The molecule has 0 aliphatic rings. The quantitative estimate of drug-likeness (QED) is 0.746. The molecule has 0 fully saturated rings. The number of nitrogens with one attached hydrogen (secondary N) is 1. The minimum atomic E-state index is -3.44. The number of amides is 1. The van der Waals surface area contributed by atoms with Gasteiger partial charge in [0.2, 0.25) is 15.9 Å². The zero-order valence-corrected chi connectivity index (χ0v) is 15.1. The summed E-state index contributed by atoms with van der Waals surface area (Å²) in [6.07, 6.45) is 0. The van der Waals surface area contributed by atoms with E-state index in [2.05, 4.69) is 5.32 Å². The molecule has 0 bridgehead atoms. The third-order valence-electron chi connectivity index (χ3n) is 3.94. The Labute approximate surface area is 139 Å². The van der Waals surface area contributed by atoms with Crippen LogP contribution in [-0.4, -0.2) is 37.8 Å². The highest BCUT2D eigenvalue weighted by Gasteiger charge is 2.21. The zero-order chi connectivity index (χ0) is 17.6. The molecule has 2 atom stereocenters. The molecule has 3 N–H and O–H groups in total. The van der Waals surface area contributed by atoms with Crippen LogP contribution in [0.25, 0.3) is 0 Å². The van der Waals surface area contributed by atoms with E-state index in [0.29, 0.717) is 19.6 Å². The summed E-state index contributed by atoms with van der Waals surface area (Å²) >= 11 is 0. The number of carbonyl (C=O) groups is 1. The summed E-state index contributed by atoms with van der Waals surface area (Å²) in [5.74, 6) is -0.378. The number of hydrogen-bond donors (Lipinski definition) is 2. The molecule has 1 aromatic rings. The molecule has 1 amide bonds. The molecular weight excluding hydrogens is 314 g/mol. The topological polar surface area (TPSA) is 92.5 Å². The van der Waals surface area contributed by atoms with E-state index in [1.807, 2.05) is 13.8 Å². The number of carbonyl (C=O) groups excluding carboxylic acids is 1. The molecule has 23 heavy (non-hydrogen) atoms. The minimum Gasteiger partial charge on any atom is -0.352 e. The summed E-state index contributed by atoms with van der Waals surface area (Å²) in [4.78, 5) is 12.1. The van der Waals surface area contributed by atoms with Crippen LogP contribution in [0.2, 0.25) is 0 Å². The molecule has 1 rings (SSSR count). The maximum Gasteiger partial charge on any atom is 0.243 e. The van der Waals surface area contributed by atoms with Crippen LogP contribution in [0.15, 0.2) is 29.2 Å². The number of rotatable bonds is 8. The van der Waals surface area contributed by atoms with E-state index >= 15 is 0 Å². The highest BCUT2D eigenvalue weighted by Crippen LogP contribution is 2.16. The summed E-state index contributed by atoms with van der Waals surface area (Å²) in [5, 5.41) is 2.80. The Bertz CT molecular complexity index is 608. The number of sulfonamides is 1. The van der Waals surface area contributed by atoms with Gasteiger partial charge < -0.3 is 11.1 Å². The van der Waals surface area contributed by atoms with E-state index < -0.39 is 10.0 Å². The molecule has 0 aliphatic carbocycles. The van der Waals surface area contributed by atoms with E-state index in [0.717, 1.165) is 5.56 Å². The van der Waals surface area contributed by atoms with Gasteiger partial charge in [0.15, 0.2) is 0 Å². The maximum absolute atomic E-state index is 12.4. The largest absolute Gasteiger partial charge is 0.352 e. The van der Waals surface area contributed by atoms with Crippen molar-refractivity contribution in [2.24, 2.45) is 11.7 Å². The third kappa shape index (κ3) is 5.02. The Morgan fingerprint density at radius 2 is 1.70 bits per heavy atom. The predicted octanol–water partition coefficient (Wildman–Crippen LogP) is 1.32. The Hall–Kier alpha value is -1.44. The summed E-state index contributed by atoms with van der Waals surface area (Å²) in [5.41, 5.74) is 6.54. The Kier molecular flexibility index (Phi) is 7.18. The maximum atomic E-state index is 12.4. The van der Waals surface area contributed by atoms with E-state index in [1.165, 1.54) is 4.31 Å². The fraction of sp³-hybridized carbons (Fsp3) is 0.562. The number of nitrogens with zero attached hydrogens (tertiary/aromatic N) is 1. The molecule has 0 heterocycles. The van der Waals surface area contributed by atoms with Crippen molar-refractivity contribution in [1.29, 1.82) is 0 Å². The second-order valence-corrected chi connectivity index (χ2v) is 7.54. The van der Waals surface area contributed by atoms with Gasteiger partial charge in [-0.1, -0.05) is 32.9 Å². The number of benzene rings is 1. The highest BCUT2D eigenvalue weighted by atomic mass is 32.2. The lowest BCUT2D eigenvalue weighted by molar-refractivity contribution is -0.125. The first-order valence-electron chi connectivity index (χ1n) is 7.86. The average molecular weight is 341 g/mol. The van der Waals surface area contributed by atoms with Crippen molar-refractivity contribution in [3.05, 3.63) is 29.8 Å². The van der Waals surface area contributed by atoms with Crippen molar-refractivity contribution in [3.63, 3.8) is 0 Å². The summed E-state index contributed by atoms with van der Waals surface area (Å²) < 4.78 is 26.2. The van der Waals surface area contributed by atoms with Crippen LogP contribution in [0, 0.1) is 5.92 Å². The Morgan fingerprint density at radius 3 is 2.13 bits per heavy atom. The fourth-order valence-electron chi connectivity index (χ4n) is 2.08. The molecule has 0 spiro atoms. The molecule has 0 aliphatic heterocycles. The van der Waals surface area contributed by atoms with Crippen molar-refractivity contribution in [2.45, 2.75) is 45.2 Å². The zero-order valence-electron chi connectivity index (χ0n) is 14.2. The van der Waals surface area contributed by atoms with Gasteiger partial charge in [-0.2, -0.15) is 4.31 Å². The first-order chi connectivity index (χ1) is 10.7. The van der Waals surface area contributed by atoms with E-state index in [1.54, 1.807) is 38.1 Å². The molecule has 1 aromatic carbocycles. The molecule has 0 aromatic heterocycles. The molecule has 130 valence electrons. The predicted molar refractivity (Wildman–Crippen MR) is 91.2 cm³/mol. The molecule has 7 heteroatoms. The van der Waals surface area contributed by atoms with E-state index in [4.69, 9.17) is 5.73 Å². The summed E-state index contributed by atoms with van der Waals surface area (Å²) in [6.45, 7) is 8.41. The van der Waals surface area contributed by atoms with Crippen LogP contribution >= 0.6 is 0 Å². The van der Waals surface area contributed by atoms with Gasteiger partial charge in [0.05, 0.1) is 4.90 Å². The fourth-order valence-corrected chi connectivity index (χ4v) is 3.54. The monoisotopic (exact) mass is 341 g/mol. The van der Waals surface area contributed by atoms with Crippen LogP contribution in [-0.2, 0) is 21.4 Å². The minimum absolute atomic E-state index is 0.111. The van der Waals surface area contributed by atoms with Crippen molar-refractivity contribution >= 4 is 15.9 Å². The van der Waals surface area contributed by atoms with Crippen molar-refractivity contribution in [2.75, 3.05) is 13.1 Å². The molecule has 2 unspecified atom stereocenters. The normalized spacial score (nSPS) is 14.5. The number of nitrogens with two attached hydrogens (primary N) is 1. The van der Waals surface area contributed by atoms with Crippen LogP contribution < -0.4 is 11.1 Å². The van der Waals surface area contributed by atoms with Gasteiger partial charge in [0, 0.05) is 31.6 Å². The summed E-state index contributed by atoms with van der Waals surface area (Å²) in [6, 6.07) is 6.37. The van der Waals surface area contributed by atoms with Gasteiger partial charge >= 0.3 is 0 Å². The lowest BCUT2D eigenvalue weighted by Crippen LogP contribution is -2.38. The molecular formula is C16H27N3O3S. The van der Waals surface area contributed by atoms with E-state index in [-0.39, 0.29) is 22.8 Å². The van der Waals surface area contributed by atoms with Gasteiger partial charge in [-0.05, 0) is 24.6 Å². The lowest BCUT2D eigenvalue weighted by Gasteiger charge is -2.18. The highest BCUT2D eigenvalue weighted by molar-refractivity contribution is 7.89. The van der Waals surface area contributed by atoms with Gasteiger partial charge in [-0.15, -0.1) is 0 Å². The standard InChI is InChI=1S/C16H27N3O3S/c1-5-19(6-2)23(21,22)15-9-7-14(8-10-15)11-18-16(20)12(3)13(4)17/h7-10,12-13H,5-6,11,17H2,1-4H3,(H,18,20). The average Bonchev–Trinajstić information content (AvgIpc) is 2.53. The van der Waals surface area contributed by atoms with Crippen molar-refractivity contribution < 1.29 is 13.2 Å². The molecule has 6 nitrogen and oxygen atoms in total. The van der Waals surface area contributed by atoms with Gasteiger partial charge in [0.25, 0.3) is 0 Å². The van der Waals surface area contributed by atoms with Crippen LogP contribution in [0.5, 0.6) is 0 Å². The van der Waals surface area contributed by atoms with E-state index in [9.17, 15) is 13.2 Å². The van der Waals surface area contributed by atoms with Crippen molar-refractivity contribution in [3.8, 4) is 0 Å². The lowest BCUT2D eigenvalue weighted by atomic mass is 10.0. The SMILES string of the molecule is CCN(CC)S(=O)(=O)c1ccc(CNC(=O)C(C)C(C)N)cc1. The van der Waals surface area contributed by atoms with Gasteiger partial charge in [-0.3, -0.25) is 4.79 Å². The Morgan fingerprint density at radius 1 is 1.17 bits per heavy atom. The first kappa shape index (κ1) is 19.6. The first-order valence-corrected chi connectivity index (χ1v) is 9.30. The van der Waals surface area contributed by atoms with Crippen molar-refractivity contribution in [1.82, 2.24) is 9.62 Å². The molecule has 0 saturated carbocycles. The van der Waals surface area contributed by atoms with Crippen LogP contribution in [0.3, 0.4) is 0 Å².